The van der Waals surface area contributed by atoms with Crippen molar-refractivity contribution in [1.29, 1.82) is 0 Å². The number of fused-ring (bicyclic) bond motifs is 12. The molecule has 6 aromatic carbocycles. The Morgan fingerprint density at radius 1 is 0.200 bits per heavy atom. The van der Waals surface area contributed by atoms with Gasteiger partial charge in [0.15, 0.2) is 39.6 Å². The lowest BCUT2D eigenvalue weighted by molar-refractivity contribution is -0.140. The maximum absolute atomic E-state index is 13.3. The molecule has 0 aromatic heterocycles. The van der Waals surface area contributed by atoms with Crippen molar-refractivity contribution in [3.8, 4) is 34.5 Å². The van der Waals surface area contributed by atoms with E-state index < -0.39 is 108 Å². The molecule has 0 aliphatic heterocycles. The van der Waals surface area contributed by atoms with Gasteiger partial charge in [-0.05, 0) is 204 Å². The van der Waals surface area contributed by atoms with Gasteiger partial charge in [-0.3, -0.25) is 0 Å². The Labute approximate surface area is 716 Å². The first-order valence-corrected chi connectivity index (χ1v) is 42.6. The van der Waals surface area contributed by atoms with Crippen LogP contribution in [0.3, 0.4) is 0 Å². The van der Waals surface area contributed by atoms with Crippen molar-refractivity contribution in [2.24, 2.45) is 32.5 Å². The Kier molecular flexibility index (Phi) is 29.9. The number of hydrogen-bond donors (Lipinski definition) is 6. The van der Waals surface area contributed by atoms with Crippen LogP contribution in [-0.4, -0.2) is 106 Å². The van der Waals surface area contributed by atoms with Crippen LogP contribution in [0.2, 0.25) is 0 Å². The molecule has 660 valence electrons. The minimum absolute atomic E-state index is 0.0337. The van der Waals surface area contributed by atoms with E-state index in [-0.39, 0.29) is 106 Å². The molecule has 0 fully saturated rings. The van der Waals surface area contributed by atoms with Gasteiger partial charge in [0, 0.05) is 38.5 Å². The van der Waals surface area contributed by atoms with Gasteiger partial charge in [0.2, 0.25) is 0 Å². The fourth-order valence-electron chi connectivity index (χ4n) is 20.2. The first-order chi connectivity index (χ1) is 54.5. The molecular formula is C102H144O18. The zero-order valence-corrected chi connectivity index (χ0v) is 78.2. The van der Waals surface area contributed by atoms with Gasteiger partial charge in [0.25, 0.3) is 0 Å². The number of carboxylic acids is 6. The summed E-state index contributed by atoms with van der Waals surface area (Å²) in [7, 11) is 0. The fraction of sp³-hybridized carbons (Fsp3) is 0.588. The normalized spacial score (nSPS) is 13.8. The van der Waals surface area contributed by atoms with Crippen LogP contribution in [0.4, 0.5) is 0 Å². The predicted molar refractivity (Wildman–Crippen MR) is 477 cm³/mol. The molecule has 0 amide bonds. The first-order valence-electron chi connectivity index (χ1n) is 42.6. The third-order valence-electron chi connectivity index (χ3n) is 22.3. The monoisotopic (exact) mass is 1660 g/mol. The number of aliphatic carboxylic acids is 6. The molecule has 12 bridgehead atoms. The number of benzene rings is 6. The Balaban J connectivity index is 1.93. The molecule has 0 heterocycles. The van der Waals surface area contributed by atoms with Gasteiger partial charge in [-0.1, -0.05) is 281 Å². The molecule has 7 rings (SSSR count). The second-order valence-electron chi connectivity index (χ2n) is 45.6. The van der Waals surface area contributed by atoms with E-state index in [2.05, 4.69) is 281 Å². The third kappa shape index (κ3) is 28.0. The second kappa shape index (κ2) is 36.5. The minimum atomic E-state index is -1.26. The summed E-state index contributed by atoms with van der Waals surface area (Å²) in [4.78, 5) is 80.1. The summed E-state index contributed by atoms with van der Waals surface area (Å²) in [5.41, 5.74) is 6.33. The highest BCUT2D eigenvalue weighted by atomic mass is 16.5. The van der Waals surface area contributed by atoms with Crippen molar-refractivity contribution in [3.05, 3.63) is 173 Å². The zero-order valence-electron chi connectivity index (χ0n) is 78.2. The average Bonchev–Trinajstić information content (AvgIpc) is 0.745. The molecule has 18 nitrogen and oxygen atoms in total. The summed E-state index contributed by atoms with van der Waals surface area (Å²) in [5.74, 6) is -6.30. The summed E-state index contributed by atoms with van der Waals surface area (Å²) >= 11 is 0. The smallest absolute Gasteiger partial charge is 0.341 e. The SMILES string of the molecule is CC(C)(C)CC(C)(C)c1cc2c(OCC(=O)O)c(c1)Cc1cc(C(C)(C)CC(C)(C)C)cc(c1OCC(=O)O)Cc1cc(C(C)(C)CC(C)(C)C)cc(c1OCC(=O)O)Cc1cc(C(C)(C)CC(C)(C)C)cc(c1OCC(=O)O)Cc1cc(C(C)(C)CC(C)(C)C)cc(c1OCC(=O)O)Cc1cc(C(C)(C)CC(C)(C)C)cc(c1OCC(=O)O)C2. The van der Waals surface area contributed by atoms with Gasteiger partial charge in [0.1, 0.15) is 34.5 Å². The van der Waals surface area contributed by atoms with Crippen molar-refractivity contribution in [2.75, 3.05) is 39.6 Å². The quantitative estimate of drug-likeness (QED) is 0.0244. The third-order valence-corrected chi connectivity index (χ3v) is 22.3. The topological polar surface area (TPSA) is 279 Å². The molecule has 0 atom stereocenters. The largest absolute Gasteiger partial charge is 0.481 e. The van der Waals surface area contributed by atoms with Crippen LogP contribution < -0.4 is 28.4 Å². The van der Waals surface area contributed by atoms with E-state index in [9.17, 15) is 59.4 Å². The molecule has 18 heteroatoms. The van der Waals surface area contributed by atoms with Crippen LogP contribution in [0, 0.1) is 32.5 Å². The lowest BCUT2D eigenvalue weighted by Crippen LogP contribution is -2.26. The maximum Gasteiger partial charge on any atom is 0.341 e. The van der Waals surface area contributed by atoms with Crippen LogP contribution in [-0.2, 0) is 99.8 Å². The number of rotatable bonds is 30. The Morgan fingerprint density at radius 3 is 0.367 bits per heavy atom. The predicted octanol–water partition coefficient (Wildman–Crippen LogP) is 22.6. The molecular weight excluding hydrogens is 1510 g/mol. The number of hydrogen-bond acceptors (Lipinski definition) is 12. The number of ether oxygens (including phenoxy) is 6. The van der Waals surface area contributed by atoms with Crippen LogP contribution in [0.1, 0.15) is 346 Å². The molecule has 6 aromatic rings. The van der Waals surface area contributed by atoms with E-state index in [4.69, 9.17) is 28.4 Å². The zero-order chi connectivity index (χ0) is 90.8. The van der Waals surface area contributed by atoms with Gasteiger partial charge < -0.3 is 59.1 Å². The van der Waals surface area contributed by atoms with E-state index in [1.807, 2.05) is 0 Å². The number of carbonyl (C=O) groups is 6. The molecule has 6 N–H and O–H groups in total. The molecule has 1 aliphatic rings. The van der Waals surface area contributed by atoms with Gasteiger partial charge in [-0.2, -0.15) is 0 Å². The van der Waals surface area contributed by atoms with Crippen LogP contribution in [0.15, 0.2) is 72.8 Å². The van der Waals surface area contributed by atoms with Gasteiger partial charge >= 0.3 is 35.8 Å². The highest BCUT2D eigenvalue weighted by molar-refractivity contribution is 5.73. The van der Waals surface area contributed by atoms with Crippen molar-refractivity contribution >= 4 is 35.8 Å². The minimum Gasteiger partial charge on any atom is -0.481 e. The van der Waals surface area contributed by atoms with Crippen LogP contribution >= 0.6 is 0 Å². The molecule has 120 heavy (non-hydrogen) atoms. The Hall–Kier alpha value is -9.06. The van der Waals surface area contributed by atoms with Crippen molar-refractivity contribution in [1.82, 2.24) is 0 Å². The van der Waals surface area contributed by atoms with Gasteiger partial charge in [-0.25, -0.2) is 28.8 Å². The first kappa shape index (κ1) is 98.1. The summed E-state index contributed by atoms with van der Waals surface area (Å²) in [5, 5.41) is 65.3. The van der Waals surface area contributed by atoms with E-state index >= 15 is 0 Å². The standard InChI is InChI=1S/C102H144O18/c1-91(2,3)55-97(19,20)73-37-61-31-63-39-74(98(21,22)56-92(4,5)6)41-65(86(63)116-50-80(105)106)33-67-43-76(100(25,26)58-94(10,11)12)45-69(88(67)118-52-82(109)110)35-71-47-78(102(29,30)60-96(16,17)18)48-72(90(71)120-54-84(113)114)36-70-46-77(101(27,28)59-95(13,14)15)44-68(89(70)119-53-83(111)112)34-66-42-75(99(23,24)57-93(7,8)9)40-64(87(66)117-51-81(107)108)32-62(38-73)85(61)115-49-79(103)104/h37-48H,31-36,49-60H2,1-30H3,(H,103,104)(H,105,106)(H,107,108)(H,109,110)(H,111,112)(H,113,114). The molecule has 0 saturated heterocycles. The molecule has 1 aliphatic carbocycles. The highest BCUT2D eigenvalue weighted by Gasteiger charge is 2.39. The van der Waals surface area contributed by atoms with E-state index in [0.717, 1.165) is 33.4 Å². The second-order valence-corrected chi connectivity index (χ2v) is 45.6. The summed E-state index contributed by atoms with van der Waals surface area (Å²) in [6.07, 6.45) is 3.76. The van der Waals surface area contributed by atoms with Crippen molar-refractivity contribution in [3.63, 3.8) is 0 Å². The summed E-state index contributed by atoms with van der Waals surface area (Å²) in [6, 6.07) is 24.6. The van der Waals surface area contributed by atoms with Crippen LogP contribution in [0.5, 0.6) is 34.5 Å². The van der Waals surface area contributed by atoms with Crippen molar-refractivity contribution < 1.29 is 87.8 Å². The molecule has 0 spiro atoms. The van der Waals surface area contributed by atoms with E-state index in [0.29, 0.717) is 105 Å². The Morgan fingerprint density at radius 2 is 0.292 bits per heavy atom. The summed E-state index contributed by atoms with van der Waals surface area (Å²) < 4.78 is 40.9. The van der Waals surface area contributed by atoms with Crippen LogP contribution in [0.25, 0.3) is 0 Å². The van der Waals surface area contributed by atoms with Gasteiger partial charge in [0.05, 0.1) is 0 Å². The maximum atomic E-state index is 13.3. The summed E-state index contributed by atoms with van der Waals surface area (Å²) in [6.45, 7) is 60.4. The van der Waals surface area contributed by atoms with Crippen molar-refractivity contribution in [2.45, 2.75) is 317 Å². The van der Waals surface area contributed by atoms with E-state index in [1.54, 1.807) is 0 Å². The average molecular weight is 1660 g/mol. The fourth-order valence-corrected chi connectivity index (χ4v) is 20.2. The lowest BCUT2D eigenvalue weighted by atomic mass is 9.70. The molecule has 0 radical (unpaired) electrons. The van der Waals surface area contributed by atoms with E-state index in [1.165, 1.54) is 0 Å². The molecule has 0 saturated carbocycles. The number of carboxylic acid groups (broad SMARTS) is 6. The lowest BCUT2D eigenvalue weighted by Gasteiger charge is -2.35. The van der Waals surface area contributed by atoms with Gasteiger partial charge in [-0.15, -0.1) is 0 Å². The highest BCUT2D eigenvalue weighted by Crippen LogP contribution is 2.51. The molecule has 0 unspecified atom stereocenters. The Bertz CT molecular complexity index is 3850.